The van der Waals surface area contributed by atoms with E-state index in [9.17, 15) is 18.0 Å². The summed E-state index contributed by atoms with van der Waals surface area (Å²) in [5, 5.41) is 11.0. The molecule has 0 spiro atoms. The fraction of sp³-hybridized carbons (Fsp3) is 0.857. The van der Waals surface area contributed by atoms with Crippen molar-refractivity contribution in [2.24, 2.45) is 0 Å². The van der Waals surface area contributed by atoms with Gasteiger partial charge in [0.2, 0.25) is 0 Å². The highest BCUT2D eigenvalue weighted by Gasteiger charge is 2.27. The third kappa shape index (κ3) is 8.52. The number of nitrogens with one attached hydrogen (secondary N) is 1. The molecule has 4 nitrogen and oxygen atoms in total. The number of carbonyl (C=O) groups is 1. The molecule has 0 heterocycles. The van der Waals surface area contributed by atoms with Crippen LogP contribution in [0.1, 0.15) is 0 Å². The van der Waals surface area contributed by atoms with E-state index in [1.165, 1.54) is 7.11 Å². The maximum atomic E-state index is 11.7. The zero-order valence-corrected chi connectivity index (χ0v) is 8.82. The monoisotopic (exact) mass is 247 g/mol. The van der Waals surface area contributed by atoms with Crippen LogP contribution in [0.5, 0.6) is 0 Å². The summed E-state index contributed by atoms with van der Waals surface area (Å²) in [5.74, 6) is -1.37. The van der Waals surface area contributed by atoms with Crippen LogP contribution in [0.4, 0.5) is 13.2 Å². The zero-order chi connectivity index (χ0) is 11.9. The molecular weight excluding hydrogens is 235 g/mol. The van der Waals surface area contributed by atoms with Crippen LogP contribution in [-0.2, 0) is 9.53 Å². The van der Waals surface area contributed by atoms with E-state index >= 15 is 0 Å². The molecule has 0 aromatic carbocycles. The van der Waals surface area contributed by atoms with Gasteiger partial charge in [0.05, 0.1) is 6.61 Å². The number of methoxy groups -OCH3 is 1. The minimum absolute atomic E-state index is 0.0372. The van der Waals surface area contributed by atoms with Gasteiger partial charge < -0.3 is 15.2 Å². The topological polar surface area (TPSA) is 58.6 Å². The van der Waals surface area contributed by atoms with Crippen LogP contribution in [0, 0.1) is 0 Å². The van der Waals surface area contributed by atoms with Gasteiger partial charge in [-0.3, -0.25) is 4.79 Å². The number of aliphatic carboxylic acids is 1. The lowest BCUT2D eigenvalue weighted by molar-refractivity contribution is -0.140. The van der Waals surface area contributed by atoms with Crippen LogP contribution in [0.15, 0.2) is 0 Å². The molecule has 1 unspecified atom stereocenters. The highest BCUT2D eigenvalue weighted by Crippen LogP contribution is 2.29. The van der Waals surface area contributed by atoms with Crippen molar-refractivity contribution in [3.63, 3.8) is 0 Å². The number of halogens is 3. The molecule has 0 amide bonds. The molecule has 0 bridgehead atoms. The van der Waals surface area contributed by atoms with Crippen LogP contribution in [0.3, 0.4) is 0 Å². The standard InChI is InChI=1S/C7H12F3NO3S/c1-14-4-5(6(12)13)11-2-3-15-7(8,9)10/h5,11H,2-4H2,1H3,(H,12,13). The lowest BCUT2D eigenvalue weighted by Crippen LogP contribution is -2.41. The molecule has 0 fully saturated rings. The van der Waals surface area contributed by atoms with Crippen LogP contribution in [0.2, 0.25) is 0 Å². The average Bonchev–Trinajstić information content (AvgIpc) is 2.08. The van der Waals surface area contributed by atoms with Crippen LogP contribution >= 0.6 is 11.8 Å². The Kier molecular flexibility index (Phi) is 6.70. The first-order valence-corrected chi connectivity index (χ1v) is 5.01. The molecule has 0 radical (unpaired) electrons. The molecule has 90 valence electrons. The smallest absolute Gasteiger partial charge is 0.441 e. The van der Waals surface area contributed by atoms with Gasteiger partial charge in [0.1, 0.15) is 6.04 Å². The Morgan fingerprint density at radius 1 is 1.60 bits per heavy atom. The fourth-order valence-corrected chi connectivity index (χ4v) is 1.24. The summed E-state index contributed by atoms with van der Waals surface area (Å²) in [5.41, 5.74) is -4.28. The lowest BCUT2D eigenvalue weighted by Gasteiger charge is -2.13. The molecule has 0 aliphatic rings. The Labute approximate surface area is 89.2 Å². The normalized spacial score (nSPS) is 13.9. The number of rotatable bonds is 7. The second-order valence-corrected chi connectivity index (χ2v) is 3.75. The van der Waals surface area contributed by atoms with E-state index in [0.29, 0.717) is 0 Å². The van der Waals surface area contributed by atoms with Crippen LogP contribution in [0.25, 0.3) is 0 Å². The summed E-state index contributed by atoms with van der Waals surface area (Å²) in [4.78, 5) is 10.5. The molecule has 0 aromatic rings. The van der Waals surface area contributed by atoms with E-state index in [4.69, 9.17) is 5.11 Å². The van der Waals surface area contributed by atoms with Crippen molar-refractivity contribution < 1.29 is 27.8 Å². The Morgan fingerprint density at radius 3 is 2.60 bits per heavy atom. The van der Waals surface area contributed by atoms with Crippen molar-refractivity contribution in [3.05, 3.63) is 0 Å². The minimum atomic E-state index is -4.28. The minimum Gasteiger partial charge on any atom is -0.480 e. The van der Waals surface area contributed by atoms with E-state index in [2.05, 4.69) is 10.1 Å². The highest BCUT2D eigenvalue weighted by atomic mass is 32.2. The summed E-state index contributed by atoms with van der Waals surface area (Å²) < 4.78 is 39.6. The third-order valence-electron chi connectivity index (χ3n) is 1.39. The Morgan fingerprint density at radius 2 is 2.20 bits per heavy atom. The summed E-state index contributed by atoms with van der Waals surface area (Å²) in [7, 11) is 1.32. The van der Waals surface area contributed by atoms with Crippen molar-refractivity contribution in [3.8, 4) is 0 Å². The number of alkyl halides is 3. The maximum Gasteiger partial charge on any atom is 0.441 e. The van der Waals surface area contributed by atoms with Gasteiger partial charge in [-0.15, -0.1) is 0 Å². The number of thioether (sulfide) groups is 1. The molecule has 1 atom stereocenters. The second kappa shape index (κ2) is 6.91. The number of carboxylic acids is 1. The molecule has 0 saturated heterocycles. The summed E-state index contributed by atoms with van der Waals surface area (Å²) in [6.45, 7) is -0.115. The van der Waals surface area contributed by atoms with E-state index in [1.54, 1.807) is 0 Å². The van der Waals surface area contributed by atoms with Crippen LogP contribution in [-0.4, -0.2) is 48.6 Å². The molecule has 0 aliphatic carbocycles. The van der Waals surface area contributed by atoms with Crippen molar-refractivity contribution in [2.45, 2.75) is 11.6 Å². The van der Waals surface area contributed by atoms with E-state index in [1.807, 2.05) is 0 Å². The van der Waals surface area contributed by atoms with Gasteiger partial charge >= 0.3 is 11.5 Å². The first-order valence-electron chi connectivity index (χ1n) is 4.02. The van der Waals surface area contributed by atoms with Crippen molar-refractivity contribution in [2.75, 3.05) is 26.0 Å². The Bertz CT molecular complexity index is 200. The second-order valence-electron chi connectivity index (χ2n) is 2.59. The third-order valence-corrected chi connectivity index (χ3v) is 2.13. The van der Waals surface area contributed by atoms with Gasteiger partial charge in [0, 0.05) is 19.4 Å². The predicted molar refractivity (Wildman–Crippen MR) is 49.8 cm³/mol. The molecule has 0 aromatic heterocycles. The van der Waals surface area contributed by atoms with Crippen molar-refractivity contribution in [1.82, 2.24) is 5.32 Å². The van der Waals surface area contributed by atoms with E-state index < -0.39 is 17.5 Å². The lowest BCUT2D eigenvalue weighted by atomic mass is 10.3. The molecular formula is C7H12F3NO3S. The van der Waals surface area contributed by atoms with Crippen molar-refractivity contribution >= 4 is 17.7 Å². The van der Waals surface area contributed by atoms with Gasteiger partial charge in [-0.25, -0.2) is 0 Å². The number of hydrogen-bond donors (Lipinski definition) is 2. The van der Waals surface area contributed by atoms with Gasteiger partial charge in [0.15, 0.2) is 0 Å². The fourth-order valence-electron chi connectivity index (χ4n) is 0.784. The maximum absolute atomic E-state index is 11.7. The molecule has 8 heteroatoms. The Balaban J connectivity index is 3.67. The molecule has 0 aliphatic heterocycles. The Hall–Kier alpha value is -0.470. The summed E-state index contributed by atoms with van der Waals surface area (Å²) in [6.07, 6.45) is 0. The van der Waals surface area contributed by atoms with Gasteiger partial charge in [-0.05, 0) is 11.8 Å². The number of carboxylic acid groups (broad SMARTS) is 1. The van der Waals surface area contributed by atoms with E-state index in [-0.39, 0.29) is 30.7 Å². The summed E-state index contributed by atoms with van der Waals surface area (Å²) >= 11 is -0.191. The largest absolute Gasteiger partial charge is 0.480 e. The first-order chi connectivity index (χ1) is 6.87. The van der Waals surface area contributed by atoms with E-state index in [0.717, 1.165) is 0 Å². The number of ether oxygens (including phenoxy) is 1. The molecule has 0 rings (SSSR count). The molecule has 2 N–H and O–H groups in total. The zero-order valence-electron chi connectivity index (χ0n) is 8.00. The van der Waals surface area contributed by atoms with Crippen molar-refractivity contribution in [1.29, 1.82) is 0 Å². The SMILES string of the molecule is COCC(NCCSC(F)(F)F)C(=O)O. The van der Waals surface area contributed by atoms with Gasteiger partial charge in [-0.2, -0.15) is 13.2 Å². The predicted octanol–water partition coefficient (Wildman–Crippen LogP) is 0.929. The molecule has 0 saturated carbocycles. The van der Waals surface area contributed by atoms with Crippen LogP contribution < -0.4 is 5.32 Å². The highest BCUT2D eigenvalue weighted by molar-refractivity contribution is 8.00. The first kappa shape index (κ1) is 14.5. The van der Waals surface area contributed by atoms with Gasteiger partial charge in [0.25, 0.3) is 0 Å². The molecule has 15 heavy (non-hydrogen) atoms. The summed E-state index contributed by atoms with van der Waals surface area (Å²) in [6, 6.07) is -0.969. The quantitative estimate of drug-likeness (QED) is 0.655. The average molecular weight is 247 g/mol. The van der Waals surface area contributed by atoms with Gasteiger partial charge in [-0.1, -0.05) is 0 Å². The number of hydrogen-bond acceptors (Lipinski definition) is 4.